The highest BCUT2D eigenvalue weighted by molar-refractivity contribution is 5.97. The molecule has 5 nitrogen and oxygen atoms in total. The molecule has 6 heteroatoms. The maximum Gasteiger partial charge on any atom is 0.255 e. The van der Waals surface area contributed by atoms with Gasteiger partial charge in [0, 0.05) is 25.7 Å². The molecule has 0 aliphatic carbocycles. The number of benzene rings is 1. The monoisotopic (exact) mass is 383 g/mol. The van der Waals surface area contributed by atoms with Crippen molar-refractivity contribution < 1.29 is 13.9 Å². The number of ether oxygens (including phenoxy) is 1. The molecule has 1 unspecified atom stereocenters. The van der Waals surface area contributed by atoms with Gasteiger partial charge in [-0.2, -0.15) is 0 Å². The summed E-state index contributed by atoms with van der Waals surface area (Å²) in [7, 11) is 0. The second kappa shape index (κ2) is 7.97. The average Bonchev–Trinajstić information content (AvgIpc) is 2.71. The van der Waals surface area contributed by atoms with Crippen molar-refractivity contribution in [3.05, 3.63) is 60.2 Å². The predicted molar refractivity (Wildman–Crippen MR) is 106 cm³/mol. The third kappa shape index (κ3) is 4.08. The molecular weight excluding hydrogens is 357 g/mol. The average molecular weight is 383 g/mol. The van der Waals surface area contributed by atoms with Crippen LogP contribution in [0.2, 0.25) is 0 Å². The molecule has 1 atom stereocenters. The van der Waals surface area contributed by atoms with E-state index in [1.54, 1.807) is 18.0 Å². The van der Waals surface area contributed by atoms with Crippen LogP contribution in [-0.2, 0) is 16.0 Å². The molecule has 1 amide bonds. The van der Waals surface area contributed by atoms with Crippen molar-refractivity contribution in [3.8, 4) is 0 Å². The van der Waals surface area contributed by atoms with Crippen LogP contribution >= 0.6 is 0 Å². The molecule has 0 radical (unpaired) electrons. The molecular formula is C22H26FN3O2. The van der Waals surface area contributed by atoms with Crippen molar-refractivity contribution >= 4 is 11.6 Å². The Hall–Kier alpha value is -2.31. The molecule has 28 heavy (non-hydrogen) atoms. The number of piperidine rings is 1. The maximum atomic E-state index is 13.6. The fourth-order valence-electron chi connectivity index (χ4n) is 4.21. The van der Waals surface area contributed by atoms with Crippen LogP contribution in [0.5, 0.6) is 0 Å². The van der Waals surface area contributed by atoms with Gasteiger partial charge in [0.25, 0.3) is 5.91 Å². The zero-order valence-electron chi connectivity index (χ0n) is 16.2. The largest absolute Gasteiger partial charge is 0.360 e. The summed E-state index contributed by atoms with van der Waals surface area (Å²) in [5.41, 5.74) is 1.48. The number of pyridine rings is 1. The van der Waals surface area contributed by atoms with Crippen molar-refractivity contribution in [2.45, 2.75) is 37.9 Å². The van der Waals surface area contributed by atoms with Gasteiger partial charge in [-0.25, -0.2) is 4.39 Å². The van der Waals surface area contributed by atoms with E-state index in [9.17, 15) is 9.18 Å². The van der Waals surface area contributed by atoms with E-state index in [1.807, 2.05) is 6.07 Å². The third-order valence-corrected chi connectivity index (χ3v) is 5.82. The third-order valence-electron chi connectivity index (χ3n) is 5.82. The Kier molecular flexibility index (Phi) is 5.42. The van der Waals surface area contributed by atoms with Crippen LogP contribution in [0.15, 0.2) is 48.8 Å². The van der Waals surface area contributed by atoms with Gasteiger partial charge in [0.1, 0.15) is 11.9 Å². The van der Waals surface area contributed by atoms with E-state index in [-0.39, 0.29) is 11.5 Å². The molecule has 1 aromatic carbocycles. The molecule has 0 saturated carbocycles. The Labute approximate surface area is 165 Å². The minimum Gasteiger partial charge on any atom is -0.360 e. The summed E-state index contributed by atoms with van der Waals surface area (Å²) in [4.78, 5) is 20.6. The fourth-order valence-corrected chi connectivity index (χ4v) is 4.21. The summed E-state index contributed by atoms with van der Waals surface area (Å²) in [6, 6.07) is 11.9. The van der Waals surface area contributed by atoms with Gasteiger partial charge in [0.15, 0.2) is 0 Å². The molecule has 4 rings (SSSR count). The number of anilines is 1. The van der Waals surface area contributed by atoms with Crippen LogP contribution in [-0.4, -0.2) is 53.7 Å². The molecule has 2 aliphatic rings. The summed E-state index contributed by atoms with van der Waals surface area (Å²) < 4.78 is 19.8. The van der Waals surface area contributed by atoms with Gasteiger partial charge in [-0.05, 0) is 31.7 Å². The van der Waals surface area contributed by atoms with E-state index in [1.165, 1.54) is 11.6 Å². The predicted octanol–water partition coefficient (Wildman–Crippen LogP) is 3.05. The Balaban J connectivity index is 1.40. The number of rotatable bonds is 4. The SMILES string of the molecule is CC1OC2(CCN(CCc3ccccc3)CC2)CN(c2cncc(F)c2)C1=O. The van der Waals surface area contributed by atoms with Crippen LogP contribution < -0.4 is 4.90 Å². The normalized spacial score (nSPS) is 22.6. The van der Waals surface area contributed by atoms with Crippen molar-refractivity contribution in [2.75, 3.05) is 31.1 Å². The first-order valence-electron chi connectivity index (χ1n) is 9.91. The van der Waals surface area contributed by atoms with Crippen molar-refractivity contribution in [2.24, 2.45) is 0 Å². The summed E-state index contributed by atoms with van der Waals surface area (Å²) in [5, 5.41) is 0. The highest BCUT2D eigenvalue weighted by atomic mass is 19.1. The Morgan fingerprint density at radius 3 is 2.68 bits per heavy atom. The number of hydrogen-bond acceptors (Lipinski definition) is 4. The highest BCUT2D eigenvalue weighted by Gasteiger charge is 2.45. The van der Waals surface area contributed by atoms with Crippen LogP contribution in [0, 0.1) is 5.82 Å². The summed E-state index contributed by atoms with van der Waals surface area (Å²) >= 11 is 0. The van der Waals surface area contributed by atoms with E-state index in [4.69, 9.17) is 4.74 Å². The van der Waals surface area contributed by atoms with Crippen LogP contribution in [0.1, 0.15) is 25.3 Å². The van der Waals surface area contributed by atoms with Gasteiger partial charge in [-0.1, -0.05) is 30.3 Å². The zero-order valence-corrected chi connectivity index (χ0v) is 16.2. The lowest BCUT2D eigenvalue weighted by atomic mass is 9.88. The van der Waals surface area contributed by atoms with Gasteiger partial charge in [-0.15, -0.1) is 0 Å². The van der Waals surface area contributed by atoms with E-state index < -0.39 is 11.9 Å². The van der Waals surface area contributed by atoms with Crippen LogP contribution in [0.3, 0.4) is 0 Å². The minimum absolute atomic E-state index is 0.135. The number of likely N-dealkylation sites (tertiary alicyclic amines) is 1. The zero-order chi connectivity index (χ0) is 19.6. The molecule has 2 aliphatic heterocycles. The highest BCUT2D eigenvalue weighted by Crippen LogP contribution is 2.35. The van der Waals surface area contributed by atoms with E-state index in [2.05, 4.69) is 34.1 Å². The standard InChI is InChI=1S/C22H26FN3O2/c1-17-21(27)26(20-13-19(23)14-24-15-20)16-22(28-17)8-11-25(12-9-22)10-7-18-5-3-2-4-6-18/h2-6,13-15,17H,7-12,16H2,1H3. The first kappa shape index (κ1) is 19.0. The lowest BCUT2D eigenvalue weighted by Gasteiger charge is -2.49. The summed E-state index contributed by atoms with van der Waals surface area (Å²) in [6.07, 6.45) is 4.91. The Morgan fingerprint density at radius 2 is 1.96 bits per heavy atom. The van der Waals surface area contributed by atoms with E-state index in [0.717, 1.165) is 45.1 Å². The summed E-state index contributed by atoms with van der Waals surface area (Å²) in [5.74, 6) is -0.571. The Bertz CT molecular complexity index is 822. The molecule has 1 aromatic heterocycles. The molecule has 2 fully saturated rings. The lowest BCUT2D eigenvalue weighted by Crippen LogP contribution is -2.61. The quantitative estimate of drug-likeness (QED) is 0.814. The number of carbonyl (C=O) groups excluding carboxylic acids is 1. The first-order valence-corrected chi connectivity index (χ1v) is 9.91. The van der Waals surface area contributed by atoms with Crippen molar-refractivity contribution in [3.63, 3.8) is 0 Å². The van der Waals surface area contributed by atoms with Crippen molar-refractivity contribution in [1.82, 2.24) is 9.88 Å². The fraction of sp³-hybridized carbons (Fsp3) is 0.455. The van der Waals surface area contributed by atoms with Crippen LogP contribution in [0.25, 0.3) is 0 Å². The second-order valence-electron chi connectivity index (χ2n) is 7.81. The van der Waals surface area contributed by atoms with Crippen LogP contribution in [0.4, 0.5) is 10.1 Å². The second-order valence-corrected chi connectivity index (χ2v) is 7.81. The van der Waals surface area contributed by atoms with Crippen molar-refractivity contribution in [1.29, 1.82) is 0 Å². The molecule has 3 heterocycles. The maximum absolute atomic E-state index is 13.6. The summed E-state index contributed by atoms with van der Waals surface area (Å²) in [6.45, 7) is 5.12. The number of halogens is 1. The lowest BCUT2D eigenvalue weighted by molar-refractivity contribution is -0.161. The van der Waals surface area contributed by atoms with Gasteiger partial charge in [0.05, 0.1) is 30.2 Å². The minimum atomic E-state index is -0.534. The number of amides is 1. The van der Waals surface area contributed by atoms with Gasteiger partial charge in [-0.3, -0.25) is 9.78 Å². The number of morpholine rings is 1. The first-order chi connectivity index (χ1) is 13.5. The molecule has 2 aromatic rings. The Morgan fingerprint density at radius 1 is 1.21 bits per heavy atom. The number of aromatic nitrogens is 1. The van der Waals surface area contributed by atoms with Gasteiger partial charge in [0.2, 0.25) is 0 Å². The molecule has 1 spiro atoms. The van der Waals surface area contributed by atoms with Gasteiger partial charge >= 0.3 is 0 Å². The smallest absolute Gasteiger partial charge is 0.255 e. The number of carbonyl (C=O) groups is 1. The van der Waals surface area contributed by atoms with Gasteiger partial charge < -0.3 is 14.5 Å². The van der Waals surface area contributed by atoms with E-state index >= 15 is 0 Å². The molecule has 0 bridgehead atoms. The molecule has 2 saturated heterocycles. The van der Waals surface area contributed by atoms with E-state index in [0.29, 0.717) is 12.2 Å². The number of nitrogens with zero attached hydrogens (tertiary/aromatic N) is 3. The number of hydrogen-bond donors (Lipinski definition) is 0. The molecule has 0 N–H and O–H groups in total. The topological polar surface area (TPSA) is 45.7 Å². The molecule has 148 valence electrons.